The van der Waals surface area contributed by atoms with Crippen LogP contribution >= 0.6 is 11.6 Å². The molecule has 1 aromatic rings. The van der Waals surface area contributed by atoms with Gasteiger partial charge in [-0.2, -0.15) is 0 Å². The maximum Gasteiger partial charge on any atom is 0.264 e. The predicted molar refractivity (Wildman–Crippen MR) is 78.2 cm³/mol. The summed E-state index contributed by atoms with van der Waals surface area (Å²) in [6.45, 7) is 0. The van der Waals surface area contributed by atoms with Crippen molar-refractivity contribution in [3.05, 3.63) is 23.2 Å². The van der Waals surface area contributed by atoms with Gasteiger partial charge in [0.05, 0.1) is 16.0 Å². The zero-order valence-corrected chi connectivity index (χ0v) is 13.8. The first-order chi connectivity index (χ1) is 9.70. The highest BCUT2D eigenvalue weighted by atomic mass is 35.5. The van der Waals surface area contributed by atoms with Crippen LogP contribution in [-0.2, 0) is 24.7 Å². The first-order valence-corrected chi connectivity index (χ1v) is 10.1. The van der Waals surface area contributed by atoms with Crippen molar-refractivity contribution < 1.29 is 21.7 Å². The van der Waals surface area contributed by atoms with Crippen molar-refractivity contribution in [1.29, 1.82) is 0 Å². The Balaban J connectivity index is 2.26. The van der Waals surface area contributed by atoms with Crippen LogP contribution in [-0.4, -0.2) is 29.2 Å². The highest BCUT2D eigenvalue weighted by molar-refractivity contribution is 7.91. The van der Waals surface area contributed by atoms with Crippen molar-refractivity contribution in [2.45, 2.75) is 41.6 Å². The molecule has 0 aromatic heterocycles. The smallest absolute Gasteiger partial charge is 0.264 e. The third-order valence-electron chi connectivity index (χ3n) is 3.25. The van der Waals surface area contributed by atoms with Gasteiger partial charge in [-0.05, 0) is 31.0 Å². The first kappa shape index (κ1) is 16.7. The minimum atomic E-state index is -4.03. The van der Waals surface area contributed by atoms with Crippen LogP contribution in [0.5, 0.6) is 0 Å². The molecule has 2 rings (SSSR count). The van der Waals surface area contributed by atoms with Gasteiger partial charge >= 0.3 is 0 Å². The average molecular weight is 354 g/mol. The zero-order valence-electron chi connectivity index (χ0n) is 11.4. The maximum atomic E-state index is 12.2. The maximum absolute atomic E-state index is 12.2. The summed E-state index contributed by atoms with van der Waals surface area (Å²) in [7, 11) is -7.55. The van der Waals surface area contributed by atoms with Crippen molar-refractivity contribution in [3.8, 4) is 0 Å². The van der Waals surface area contributed by atoms with Gasteiger partial charge in [0.15, 0.2) is 9.84 Å². The van der Waals surface area contributed by atoms with Crippen LogP contribution in [0.3, 0.4) is 0 Å². The molecule has 0 amide bonds. The van der Waals surface area contributed by atoms with E-state index in [1.807, 2.05) is 4.89 Å². The van der Waals surface area contributed by atoms with E-state index in [1.165, 1.54) is 12.1 Å². The molecule has 9 heteroatoms. The lowest BCUT2D eigenvalue weighted by atomic mass is 10.3. The lowest BCUT2D eigenvalue weighted by Gasteiger charge is -2.13. The highest BCUT2D eigenvalue weighted by Gasteiger charge is 2.24. The SMILES string of the molecule is CS(=O)(=O)c1ccc(Cl)c(S(=O)(=O)NOC2CCCC2)c1. The predicted octanol–water partition coefficient (Wildman–Crippen LogP) is 1.90. The summed E-state index contributed by atoms with van der Waals surface area (Å²) in [6.07, 6.45) is 4.42. The molecule has 21 heavy (non-hydrogen) atoms. The number of rotatable bonds is 5. The van der Waals surface area contributed by atoms with Crippen molar-refractivity contribution in [1.82, 2.24) is 4.89 Å². The number of benzene rings is 1. The molecular weight excluding hydrogens is 338 g/mol. The second kappa shape index (κ2) is 6.21. The second-order valence-corrected chi connectivity index (χ2v) is 9.01. The van der Waals surface area contributed by atoms with Crippen LogP contribution in [0.25, 0.3) is 0 Å². The standard InChI is InChI=1S/C12H16ClNO5S2/c1-20(15,16)10-6-7-11(13)12(8-10)21(17,18)14-19-9-4-2-3-5-9/h6-9,14H,2-5H2,1H3. The Labute approximate surface area is 129 Å². The highest BCUT2D eigenvalue weighted by Crippen LogP contribution is 2.26. The third kappa shape index (κ3) is 4.17. The summed E-state index contributed by atoms with van der Waals surface area (Å²) in [5.41, 5.74) is 0. The third-order valence-corrected chi connectivity index (χ3v) is 6.03. The van der Waals surface area contributed by atoms with Crippen molar-refractivity contribution >= 4 is 31.5 Å². The Morgan fingerprint density at radius 1 is 1.19 bits per heavy atom. The van der Waals surface area contributed by atoms with Crippen LogP contribution in [0.4, 0.5) is 0 Å². The van der Waals surface area contributed by atoms with Gasteiger partial charge in [0.25, 0.3) is 10.0 Å². The van der Waals surface area contributed by atoms with Crippen molar-refractivity contribution in [2.75, 3.05) is 6.26 Å². The fourth-order valence-electron chi connectivity index (χ4n) is 2.10. The summed E-state index contributed by atoms with van der Waals surface area (Å²) >= 11 is 5.86. The Bertz CT molecular complexity index is 724. The largest absolute Gasteiger partial charge is 0.284 e. The number of hydrogen-bond acceptors (Lipinski definition) is 5. The molecule has 1 saturated carbocycles. The van der Waals surface area contributed by atoms with E-state index in [9.17, 15) is 16.8 Å². The molecule has 0 saturated heterocycles. The molecule has 0 radical (unpaired) electrons. The van der Waals surface area contributed by atoms with Gasteiger partial charge in [-0.1, -0.05) is 29.3 Å². The minimum Gasteiger partial charge on any atom is -0.284 e. The molecule has 0 spiro atoms. The molecule has 1 aliphatic carbocycles. The molecule has 0 aliphatic heterocycles. The van der Waals surface area contributed by atoms with E-state index in [1.54, 1.807) is 0 Å². The van der Waals surface area contributed by atoms with Gasteiger partial charge in [-0.15, -0.1) is 0 Å². The molecule has 1 aromatic carbocycles. The van der Waals surface area contributed by atoms with Crippen molar-refractivity contribution in [3.63, 3.8) is 0 Å². The van der Waals surface area contributed by atoms with Crippen LogP contribution in [0.15, 0.2) is 28.0 Å². The molecule has 1 aliphatic rings. The lowest BCUT2D eigenvalue weighted by molar-refractivity contribution is 0.0223. The van der Waals surface area contributed by atoms with Crippen LogP contribution in [0.2, 0.25) is 5.02 Å². The van der Waals surface area contributed by atoms with E-state index >= 15 is 0 Å². The summed E-state index contributed by atoms with van der Waals surface area (Å²) in [6, 6.07) is 3.52. The quantitative estimate of drug-likeness (QED) is 0.816. The number of hydrogen-bond donors (Lipinski definition) is 1. The minimum absolute atomic E-state index is 0.0649. The number of halogens is 1. The van der Waals surface area contributed by atoms with E-state index < -0.39 is 19.9 Å². The van der Waals surface area contributed by atoms with Gasteiger partial charge in [-0.25, -0.2) is 16.8 Å². The molecule has 0 heterocycles. The summed E-state index contributed by atoms with van der Waals surface area (Å²) < 4.78 is 47.3. The average Bonchev–Trinajstić information content (AvgIpc) is 2.88. The number of sulfonamides is 1. The van der Waals surface area contributed by atoms with Crippen LogP contribution in [0.1, 0.15) is 25.7 Å². The van der Waals surface area contributed by atoms with Gasteiger partial charge in [0.1, 0.15) is 4.90 Å². The Morgan fingerprint density at radius 3 is 2.38 bits per heavy atom. The monoisotopic (exact) mass is 353 g/mol. The number of nitrogens with one attached hydrogen (secondary N) is 1. The van der Waals surface area contributed by atoms with Crippen LogP contribution in [0, 0.1) is 0 Å². The van der Waals surface area contributed by atoms with Crippen molar-refractivity contribution in [2.24, 2.45) is 0 Å². The molecule has 1 N–H and O–H groups in total. The van der Waals surface area contributed by atoms with Gasteiger partial charge in [0.2, 0.25) is 0 Å². The molecule has 1 fully saturated rings. The van der Waals surface area contributed by atoms with E-state index in [-0.39, 0.29) is 20.9 Å². The molecule has 0 unspecified atom stereocenters. The zero-order chi connectivity index (χ0) is 15.7. The normalized spacial score (nSPS) is 17.2. The van der Waals surface area contributed by atoms with Gasteiger partial charge in [-0.3, -0.25) is 4.84 Å². The first-order valence-electron chi connectivity index (χ1n) is 6.37. The second-order valence-electron chi connectivity index (χ2n) is 4.98. The van der Waals surface area contributed by atoms with E-state index in [2.05, 4.69) is 0 Å². The lowest BCUT2D eigenvalue weighted by Crippen LogP contribution is -2.28. The van der Waals surface area contributed by atoms with E-state index in [0.717, 1.165) is 38.0 Å². The Hall–Kier alpha value is -0.670. The fourth-order valence-corrected chi connectivity index (χ4v) is 4.21. The topological polar surface area (TPSA) is 89.5 Å². The van der Waals surface area contributed by atoms with E-state index in [0.29, 0.717) is 0 Å². The molecule has 0 atom stereocenters. The Kier molecular flexibility index (Phi) is 4.94. The van der Waals surface area contributed by atoms with E-state index in [4.69, 9.17) is 16.4 Å². The fraction of sp³-hybridized carbons (Fsp3) is 0.500. The number of sulfone groups is 1. The molecular formula is C12H16ClNO5S2. The summed E-state index contributed by atoms with van der Waals surface area (Å²) in [5, 5.41) is -0.0649. The van der Waals surface area contributed by atoms with Gasteiger partial charge < -0.3 is 0 Å². The summed E-state index contributed by atoms with van der Waals surface area (Å²) in [4.78, 5) is 6.75. The Morgan fingerprint density at radius 2 is 1.81 bits per heavy atom. The molecule has 0 bridgehead atoms. The van der Waals surface area contributed by atoms with Gasteiger partial charge in [0, 0.05) is 6.26 Å². The molecule has 6 nitrogen and oxygen atoms in total. The van der Waals surface area contributed by atoms with Crippen LogP contribution < -0.4 is 4.89 Å². The summed E-state index contributed by atoms with van der Waals surface area (Å²) in [5.74, 6) is 0. The molecule has 118 valence electrons.